The molecule has 108 valence electrons. The van der Waals surface area contributed by atoms with Crippen molar-refractivity contribution in [3.05, 3.63) is 11.6 Å². The van der Waals surface area contributed by atoms with Gasteiger partial charge in [0.25, 0.3) is 0 Å². The summed E-state index contributed by atoms with van der Waals surface area (Å²) in [6.45, 7) is 13.3. The molecule has 4 unspecified atom stereocenters. The predicted octanol–water partition coefficient (Wildman–Crippen LogP) is 3.05. The van der Waals surface area contributed by atoms with Gasteiger partial charge in [0.05, 0.1) is 0 Å². The zero-order valence-electron chi connectivity index (χ0n) is 13.1. The minimum Gasteiger partial charge on any atom is -0.312 e. The Labute approximate surface area is 117 Å². The number of rotatable bonds is 4. The first kappa shape index (κ1) is 14.5. The molecule has 0 bridgehead atoms. The molecule has 0 spiro atoms. The van der Waals surface area contributed by atoms with Gasteiger partial charge in [0.1, 0.15) is 11.6 Å². The molecule has 0 aliphatic carbocycles. The molecular weight excluding hydrogens is 236 g/mol. The summed E-state index contributed by atoms with van der Waals surface area (Å²) in [6, 6.07) is 1.73. The molecule has 0 amide bonds. The van der Waals surface area contributed by atoms with Crippen LogP contribution < -0.4 is 5.32 Å². The lowest BCUT2D eigenvalue weighted by Crippen LogP contribution is -2.30. The normalized spacial score (nSPS) is 29.1. The molecule has 19 heavy (non-hydrogen) atoms. The van der Waals surface area contributed by atoms with Crippen molar-refractivity contribution in [1.29, 1.82) is 0 Å². The fourth-order valence-corrected chi connectivity index (χ4v) is 3.26. The molecule has 0 radical (unpaired) electrons. The molecule has 4 atom stereocenters. The minimum absolute atomic E-state index is 0.429. The van der Waals surface area contributed by atoms with E-state index in [0.717, 1.165) is 24.0 Å². The van der Waals surface area contributed by atoms with Gasteiger partial charge in [-0.3, -0.25) is 0 Å². The van der Waals surface area contributed by atoms with Crippen molar-refractivity contribution >= 4 is 0 Å². The standard InChI is InChI=1S/C15H28N4/c1-9(2)15-18-17-13(6)19(15)11(4)8-14-7-10(3)12(5)16-14/h9-12,14,16H,7-8H2,1-6H3. The van der Waals surface area contributed by atoms with Crippen LogP contribution in [-0.4, -0.2) is 26.8 Å². The molecule has 0 aromatic carbocycles. The second-order valence-corrected chi connectivity index (χ2v) is 6.58. The second kappa shape index (κ2) is 5.61. The maximum Gasteiger partial charge on any atom is 0.135 e. The Kier molecular flexibility index (Phi) is 4.29. The first-order valence-corrected chi connectivity index (χ1v) is 7.57. The lowest BCUT2D eigenvalue weighted by atomic mass is 9.99. The minimum atomic E-state index is 0.429. The van der Waals surface area contributed by atoms with E-state index in [2.05, 4.69) is 61.6 Å². The lowest BCUT2D eigenvalue weighted by molar-refractivity contribution is 0.400. The van der Waals surface area contributed by atoms with Crippen molar-refractivity contribution in [2.45, 2.75) is 78.4 Å². The van der Waals surface area contributed by atoms with Crippen LogP contribution in [0, 0.1) is 12.8 Å². The van der Waals surface area contributed by atoms with Crippen molar-refractivity contribution in [1.82, 2.24) is 20.1 Å². The summed E-state index contributed by atoms with van der Waals surface area (Å²) in [5, 5.41) is 12.3. The molecule has 2 heterocycles. The third kappa shape index (κ3) is 2.99. The van der Waals surface area contributed by atoms with E-state index in [9.17, 15) is 0 Å². The van der Waals surface area contributed by atoms with Crippen LogP contribution in [0.25, 0.3) is 0 Å². The van der Waals surface area contributed by atoms with Gasteiger partial charge in [-0.25, -0.2) is 0 Å². The molecule has 1 aliphatic heterocycles. The third-order valence-corrected chi connectivity index (χ3v) is 4.48. The van der Waals surface area contributed by atoms with E-state index in [4.69, 9.17) is 0 Å². The van der Waals surface area contributed by atoms with Crippen molar-refractivity contribution in [3.8, 4) is 0 Å². The van der Waals surface area contributed by atoms with Crippen LogP contribution in [0.2, 0.25) is 0 Å². The van der Waals surface area contributed by atoms with Crippen molar-refractivity contribution in [3.63, 3.8) is 0 Å². The van der Waals surface area contributed by atoms with E-state index in [1.807, 2.05) is 0 Å². The smallest absolute Gasteiger partial charge is 0.135 e. The van der Waals surface area contributed by atoms with Gasteiger partial charge in [-0.15, -0.1) is 10.2 Å². The number of nitrogens with one attached hydrogen (secondary N) is 1. The van der Waals surface area contributed by atoms with Gasteiger partial charge in [0, 0.05) is 24.0 Å². The van der Waals surface area contributed by atoms with Crippen LogP contribution in [0.3, 0.4) is 0 Å². The van der Waals surface area contributed by atoms with Gasteiger partial charge in [0.2, 0.25) is 0 Å². The highest BCUT2D eigenvalue weighted by molar-refractivity contribution is 5.01. The molecule has 1 N–H and O–H groups in total. The van der Waals surface area contributed by atoms with E-state index < -0.39 is 0 Å². The zero-order chi connectivity index (χ0) is 14.2. The van der Waals surface area contributed by atoms with Crippen LogP contribution in [0.4, 0.5) is 0 Å². The quantitative estimate of drug-likeness (QED) is 0.909. The molecule has 1 saturated heterocycles. The number of nitrogens with zero attached hydrogens (tertiary/aromatic N) is 3. The Morgan fingerprint density at radius 3 is 2.47 bits per heavy atom. The van der Waals surface area contributed by atoms with Crippen LogP contribution in [0.5, 0.6) is 0 Å². The lowest BCUT2D eigenvalue weighted by Gasteiger charge is -2.22. The van der Waals surface area contributed by atoms with Gasteiger partial charge in [-0.1, -0.05) is 20.8 Å². The molecular formula is C15H28N4. The largest absolute Gasteiger partial charge is 0.312 e. The van der Waals surface area contributed by atoms with Crippen LogP contribution >= 0.6 is 0 Å². The number of aryl methyl sites for hydroxylation is 1. The Balaban J connectivity index is 2.08. The first-order chi connectivity index (χ1) is 8.90. The maximum atomic E-state index is 4.33. The highest BCUT2D eigenvalue weighted by Crippen LogP contribution is 2.28. The maximum absolute atomic E-state index is 4.33. The fraction of sp³-hybridized carbons (Fsp3) is 0.867. The van der Waals surface area contributed by atoms with E-state index in [-0.39, 0.29) is 0 Å². The van der Waals surface area contributed by atoms with Crippen molar-refractivity contribution < 1.29 is 0 Å². The van der Waals surface area contributed by atoms with E-state index in [1.165, 1.54) is 6.42 Å². The Morgan fingerprint density at radius 1 is 1.26 bits per heavy atom. The van der Waals surface area contributed by atoms with Gasteiger partial charge in [-0.05, 0) is 39.5 Å². The van der Waals surface area contributed by atoms with Gasteiger partial charge in [0.15, 0.2) is 0 Å². The van der Waals surface area contributed by atoms with E-state index >= 15 is 0 Å². The summed E-state index contributed by atoms with van der Waals surface area (Å²) in [6.07, 6.45) is 2.44. The summed E-state index contributed by atoms with van der Waals surface area (Å²) in [7, 11) is 0. The van der Waals surface area contributed by atoms with E-state index in [0.29, 0.717) is 24.0 Å². The average molecular weight is 264 g/mol. The Bertz CT molecular complexity index is 414. The SMILES string of the molecule is Cc1nnc(C(C)C)n1C(C)CC1CC(C)C(C)N1. The Hall–Kier alpha value is -0.900. The first-order valence-electron chi connectivity index (χ1n) is 7.57. The molecule has 2 rings (SSSR count). The fourth-order valence-electron chi connectivity index (χ4n) is 3.26. The number of hydrogen-bond donors (Lipinski definition) is 1. The van der Waals surface area contributed by atoms with Crippen LogP contribution in [0.1, 0.15) is 71.1 Å². The molecule has 0 saturated carbocycles. The monoisotopic (exact) mass is 264 g/mol. The molecule has 4 nitrogen and oxygen atoms in total. The van der Waals surface area contributed by atoms with Gasteiger partial charge in [-0.2, -0.15) is 0 Å². The predicted molar refractivity (Wildman–Crippen MR) is 78.3 cm³/mol. The topological polar surface area (TPSA) is 42.7 Å². The van der Waals surface area contributed by atoms with E-state index in [1.54, 1.807) is 0 Å². The van der Waals surface area contributed by atoms with Crippen LogP contribution in [0.15, 0.2) is 0 Å². The van der Waals surface area contributed by atoms with Gasteiger partial charge < -0.3 is 9.88 Å². The summed E-state index contributed by atoms with van der Waals surface area (Å²) in [5.74, 6) is 3.36. The average Bonchev–Trinajstić information content (AvgIpc) is 2.83. The van der Waals surface area contributed by atoms with Crippen LogP contribution in [-0.2, 0) is 0 Å². The Morgan fingerprint density at radius 2 is 1.95 bits per heavy atom. The highest BCUT2D eigenvalue weighted by atomic mass is 15.3. The molecule has 1 fully saturated rings. The summed E-state index contributed by atoms with van der Waals surface area (Å²) >= 11 is 0. The molecule has 4 heteroatoms. The summed E-state index contributed by atoms with van der Waals surface area (Å²) in [5.41, 5.74) is 0. The second-order valence-electron chi connectivity index (χ2n) is 6.58. The van der Waals surface area contributed by atoms with Crippen molar-refractivity contribution in [2.24, 2.45) is 5.92 Å². The number of aromatic nitrogens is 3. The summed E-state index contributed by atoms with van der Waals surface area (Å²) < 4.78 is 2.32. The molecule has 1 aromatic rings. The summed E-state index contributed by atoms with van der Waals surface area (Å²) in [4.78, 5) is 0. The molecule has 1 aliphatic rings. The molecule has 1 aromatic heterocycles. The van der Waals surface area contributed by atoms with Gasteiger partial charge >= 0.3 is 0 Å². The zero-order valence-corrected chi connectivity index (χ0v) is 13.1. The number of hydrogen-bond acceptors (Lipinski definition) is 3. The third-order valence-electron chi connectivity index (χ3n) is 4.48. The van der Waals surface area contributed by atoms with Crippen molar-refractivity contribution in [2.75, 3.05) is 0 Å². The highest BCUT2D eigenvalue weighted by Gasteiger charge is 2.29.